The number of nitro benzene ring substituents is 1. The van der Waals surface area contributed by atoms with Crippen LogP contribution in [0.5, 0.6) is 0 Å². The molecule has 0 radical (unpaired) electrons. The summed E-state index contributed by atoms with van der Waals surface area (Å²) < 4.78 is 4.76. The first-order valence-corrected chi connectivity index (χ1v) is 6.59. The summed E-state index contributed by atoms with van der Waals surface area (Å²) in [6.07, 6.45) is 0.0613. The molecule has 0 heterocycles. The summed E-state index contributed by atoms with van der Waals surface area (Å²) in [5, 5.41) is 10.8. The number of esters is 1. The molecule has 1 rings (SSSR count). The number of nitrogens with zero attached hydrogens (tertiary/aromatic N) is 2. The minimum atomic E-state index is -0.655. The van der Waals surface area contributed by atoms with Crippen LogP contribution in [0.4, 0.5) is 5.69 Å². The first kappa shape index (κ1) is 16.9. The second-order valence-electron chi connectivity index (χ2n) is 4.21. The zero-order chi connectivity index (χ0) is 16.0. The van der Waals surface area contributed by atoms with Gasteiger partial charge >= 0.3 is 5.97 Å². The minimum absolute atomic E-state index is 0.0364. The maximum Gasteiger partial charge on any atom is 0.307 e. The molecule has 0 bridgehead atoms. The van der Waals surface area contributed by atoms with Crippen molar-refractivity contribution in [3.8, 4) is 0 Å². The topological polar surface area (TPSA) is 89.8 Å². The molecule has 0 spiro atoms. The molecular formula is C13H15ClN2O5. The molecule has 0 aliphatic heterocycles. The summed E-state index contributed by atoms with van der Waals surface area (Å²) in [6, 6.07) is 3.82. The van der Waals surface area contributed by atoms with Crippen molar-refractivity contribution in [3.05, 3.63) is 38.9 Å². The first-order valence-electron chi connectivity index (χ1n) is 6.21. The molecule has 0 aliphatic rings. The van der Waals surface area contributed by atoms with Crippen LogP contribution in [0.25, 0.3) is 0 Å². The van der Waals surface area contributed by atoms with Crippen molar-refractivity contribution in [2.75, 3.05) is 20.2 Å². The number of hydrogen-bond acceptors (Lipinski definition) is 5. The molecule has 0 unspecified atom stereocenters. The summed E-state index contributed by atoms with van der Waals surface area (Å²) in [7, 11) is 1.50. The number of nitro groups is 1. The van der Waals surface area contributed by atoms with Crippen LogP contribution in [0, 0.1) is 10.1 Å². The maximum absolute atomic E-state index is 12.1. The third-order valence-corrected chi connectivity index (χ3v) is 3.01. The third-order valence-electron chi connectivity index (χ3n) is 2.69. The maximum atomic E-state index is 12.1. The average molecular weight is 315 g/mol. The second kappa shape index (κ2) is 7.58. The second-order valence-corrected chi connectivity index (χ2v) is 4.61. The molecule has 0 atom stereocenters. The number of carbonyl (C=O) groups excluding carboxylic acids is 2. The predicted octanol–water partition coefficient (Wildman–Crippen LogP) is 2.27. The lowest BCUT2D eigenvalue weighted by Crippen LogP contribution is -2.29. The van der Waals surface area contributed by atoms with Crippen LogP contribution in [-0.2, 0) is 9.53 Å². The number of amides is 1. The van der Waals surface area contributed by atoms with E-state index in [1.54, 1.807) is 6.92 Å². The van der Waals surface area contributed by atoms with E-state index in [1.807, 2.05) is 0 Å². The third kappa shape index (κ3) is 4.71. The quantitative estimate of drug-likeness (QED) is 0.456. The zero-order valence-corrected chi connectivity index (χ0v) is 12.4. The van der Waals surface area contributed by atoms with Gasteiger partial charge < -0.3 is 9.64 Å². The lowest BCUT2D eigenvalue weighted by molar-refractivity contribution is -0.384. The Morgan fingerprint density at radius 3 is 2.67 bits per heavy atom. The molecule has 0 N–H and O–H groups in total. The highest BCUT2D eigenvalue weighted by Crippen LogP contribution is 2.25. The van der Waals surface area contributed by atoms with E-state index >= 15 is 0 Å². The van der Waals surface area contributed by atoms with Crippen LogP contribution >= 0.6 is 11.6 Å². The monoisotopic (exact) mass is 314 g/mol. The highest BCUT2D eigenvalue weighted by atomic mass is 35.5. The molecular weight excluding hydrogens is 300 g/mol. The fourth-order valence-corrected chi connectivity index (χ4v) is 1.79. The lowest BCUT2D eigenvalue weighted by atomic mass is 10.1. The van der Waals surface area contributed by atoms with Crippen molar-refractivity contribution < 1.29 is 19.2 Å². The van der Waals surface area contributed by atoms with Gasteiger partial charge in [0.05, 0.1) is 18.0 Å². The fraction of sp³-hybridized carbons (Fsp3) is 0.385. The van der Waals surface area contributed by atoms with E-state index < -0.39 is 16.8 Å². The smallest absolute Gasteiger partial charge is 0.307 e. The summed E-state index contributed by atoms with van der Waals surface area (Å²) in [5.41, 5.74) is -0.196. The standard InChI is InChI=1S/C13H15ClN2O5/c1-3-21-12(17)6-7-15(2)13(18)9-4-5-10(14)11(8-9)16(19)20/h4-5,8H,3,6-7H2,1-2H3. The Hall–Kier alpha value is -2.15. The van der Waals surface area contributed by atoms with Crippen LogP contribution in [-0.4, -0.2) is 41.9 Å². The Morgan fingerprint density at radius 2 is 2.10 bits per heavy atom. The van der Waals surface area contributed by atoms with E-state index in [1.165, 1.54) is 24.1 Å². The van der Waals surface area contributed by atoms with Gasteiger partial charge in [0, 0.05) is 25.2 Å². The Morgan fingerprint density at radius 1 is 1.43 bits per heavy atom. The van der Waals surface area contributed by atoms with Gasteiger partial charge in [-0.3, -0.25) is 19.7 Å². The summed E-state index contributed by atoms with van der Waals surface area (Å²) in [6.45, 7) is 2.13. The Kier molecular flexibility index (Phi) is 6.10. The van der Waals surface area contributed by atoms with Crippen LogP contribution in [0.2, 0.25) is 5.02 Å². The molecule has 0 aliphatic carbocycles. The molecule has 8 heteroatoms. The van der Waals surface area contributed by atoms with E-state index in [0.717, 1.165) is 6.07 Å². The average Bonchev–Trinajstić information content (AvgIpc) is 2.44. The molecule has 0 aromatic heterocycles. The first-order chi connectivity index (χ1) is 9.86. The van der Waals surface area contributed by atoms with Gasteiger partial charge in [0.25, 0.3) is 11.6 Å². The zero-order valence-electron chi connectivity index (χ0n) is 11.7. The SMILES string of the molecule is CCOC(=O)CCN(C)C(=O)c1ccc(Cl)c([N+](=O)[O-])c1. The van der Waals surface area contributed by atoms with Crippen LogP contribution in [0.15, 0.2) is 18.2 Å². The van der Waals surface area contributed by atoms with Crippen molar-refractivity contribution >= 4 is 29.2 Å². The van der Waals surface area contributed by atoms with Gasteiger partial charge in [0.15, 0.2) is 0 Å². The van der Waals surface area contributed by atoms with Gasteiger partial charge in [-0.05, 0) is 19.1 Å². The molecule has 21 heavy (non-hydrogen) atoms. The summed E-state index contributed by atoms with van der Waals surface area (Å²) >= 11 is 5.69. The molecule has 7 nitrogen and oxygen atoms in total. The normalized spacial score (nSPS) is 10.0. The Labute approximate surface area is 126 Å². The van der Waals surface area contributed by atoms with Crippen molar-refractivity contribution in [1.29, 1.82) is 0 Å². The molecule has 1 amide bonds. The number of ether oxygens (including phenoxy) is 1. The Balaban J connectivity index is 2.76. The molecule has 0 saturated heterocycles. The molecule has 114 valence electrons. The highest BCUT2D eigenvalue weighted by molar-refractivity contribution is 6.32. The van der Waals surface area contributed by atoms with Crippen LogP contribution in [0.3, 0.4) is 0 Å². The number of carbonyl (C=O) groups is 2. The Bertz CT molecular complexity index is 561. The van der Waals surface area contributed by atoms with Crippen LogP contribution in [0.1, 0.15) is 23.7 Å². The minimum Gasteiger partial charge on any atom is -0.466 e. The molecule has 0 fully saturated rings. The van der Waals surface area contributed by atoms with E-state index in [4.69, 9.17) is 16.3 Å². The van der Waals surface area contributed by atoms with Crippen molar-refractivity contribution in [2.24, 2.45) is 0 Å². The van der Waals surface area contributed by atoms with Crippen LogP contribution < -0.4 is 0 Å². The van der Waals surface area contributed by atoms with Crippen molar-refractivity contribution in [3.63, 3.8) is 0 Å². The van der Waals surface area contributed by atoms with Crippen molar-refractivity contribution in [1.82, 2.24) is 4.90 Å². The molecule has 1 aromatic carbocycles. The van der Waals surface area contributed by atoms with Gasteiger partial charge in [-0.25, -0.2) is 0 Å². The highest BCUT2D eigenvalue weighted by Gasteiger charge is 2.19. The number of hydrogen-bond donors (Lipinski definition) is 0. The largest absolute Gasteiger partial charge is 0.466 e. The summed E-state index contributed by atoms with van der Waals surface area (Å²) in [5.74, 6) is -0.835. The van der Waals surface area contributed by atoms with E-state index in [-0.39, 0.29) is 35.8 Å². The number of halogens is 1. The van der Waals surface area contributed by atoms with Gasteiger partial charge in [0.2, 0.25) is 0 Å². The molecule has 1 aromatic rings. The van der Waals surface area contributed by atoms with E-state index in [0.29, 0.717) is 0 Å². The number of rotatable bonds is 6. The predicted molar refractivity (Wildman–Crippen MR) is 76.3 cm³/mol. The fourth-order valence-electron chi connectivity index (χ4n) is 1.60. The van der Waals surface area contributed by atoms with Gasteiger partial charge in [-0.2, -0.15) is 0 Å². The molecule has 0 saturated carbocycles. The van der Waals surface area contributed by atoms with Gasteiger partial charge in [0.1, 0.15) is 5.02 Å². The van der Waals surface area contributed by atoms with Gasteiger partial charge in [-0.1, -0.05) is 11.6 Å². The lowest BCUT2D eigenvalue weighted by Gasteiger charge is -2.16. The van der Waals surface area contributed by atoms with E-state index in [9.17, 15) is 19.7 Å². The summed E-state index contributed by atoms with van der Waals surface area (Å²) in [4.78, 5) is 34.8. The number of benzene rings is 1. The van der Waals surface area contributed by atoms with E-state index in [2.05, 4.69) is 0 Å². The van der Waals surface area contributed by atoms with Crippen molar-refractivity contribution in [2.45, 2.75) is 13.3 Å². The van der Waals surface area contributed by atoms with Gasteiger partial charge in [-0.15, -0.1) is 0 Å².